The van der Waals surface area contributed by atoms with Crippen molar-refractivity contribution in [1.82, 2.24) is 10.1 Å². The number of ether oxygens (including phenoxy) is 1. The van der Waals surface area contributed by atoms with Crippen molar-refractivity contribution in [1.29, 1.82) is 0 Å². The van der Waals surface area contributed by atoms with Crippen LogP contribution in [0.2, 0.25) is 0 Å². The highest BCUT2D eigenvalue weighted by atomic mass is 16.5. The Hall–Kier alpha value is -3.28. The normalized spacial score (nSPS) is 15.8. The number of rotatable bonds is 7. The molecule has 1 saturated carbocycles. The lowest BCUT2D eigenvalue weighted by atomic mass is 10.1. The van der Waals surface area contributed by atoms with E-state index >= 15 is 0 Å². The molecule has 6 heteroatoms. The minimum atomic E-state index is 0.0222. The molecule has 1 saturated heterocycles. The van der Waals surface area contributed by atoms with E-state index in [1.165, 1.54) is 0 Å². The lowest BCUT2D eigenvalue weighted by Gasteiger charge is -2.24. The molecule has 2 aromatic carbocycles. The minimum Gasteiger partial charge on any atom is -0.497 e. The van der Waals surface area contributed by atoms with E-state index < -0.39 is 0 Å². The Morgan fingerprint density at radius 3 is 2.61 bits per heavy atom. The van der Waals surface area contributed by atoms with Crippen molar-refractivity contribution in [2.75, 3.05) is 25.1 Å². The van der Waals surface area contributed by atoms with Gasteiger partial charge in [-0.3, -0.25) is 4.79 Å². The van der Waals surface area contributed by atoms with Crippen molar-refractivity contribution in [3.8, 4) is 17.0 Å². The lowest BCUT2D eigenvalue weighted by Crippen LogP contribution is -2.33. The summed E-state index contributed by atoms with van der Waals surface area (Å²) in [5.74, 6) is 1.52. The first-order valence-corrected chi connectivity index (χ1v) is 11.0. The molecule has 1 aromatic heterocycles. The monoisotopic (exact) mass is 417 g/mol. The van der Waals surface area contributed by atoms with E-state index in [0.29, 0.717) is 17.9 Å². The van der Waals surface area contributed by atoms with Gasteiger partial charge in [0.15, 0.2) is 0 Å². The van der Waals surface area contributed by atoms with Crippen LogP contribution in [0, 0.1) is 0 Å². The van der Waals surface area contributed by atoms with Gasteiger partial charge in [-0.15, -0.1) is 0 Å². The molecular formula is C25H27N3O3. The molecule has 0 bridgehead atoms. The van der Waals surface area contributed by atoms with Gasteiger partial charge in [0.05, 0.1) is 19.2 Å². The topological polar surface area (TPSA) is 58.8 Å². The van der Waals surface area contributed by atoms with Crippen LogP contribution in [-0.2, 0) is 6.54 Å². The molecular weight excluding hydrogens is 390 g/mol. The van der Waals surface area contributed by atoms with Gasteiger partial charge in [-0.2, -0.15) is 0 Å². The third kappa shape index (κ3) is 4.02. The van der Waals surface area contributed by atoms with Crippen LogP contribution in [0.1, 0.15) is 41.6 Å². The van der Waals surface area contributed by atoms with Gasteiger partial charge in [-0.05, 0) is 43.9 Å². The molecule has 0 unspecified atom stereocenters. The van der Waals surface area contributed by atoms with Crippen LogP contribution in [-0.4, -0.2) is 42.2 Å². The standard InChI is InChI=1S/C25H27N3O3/c1-30-21-11-7-10-19(16-21)24(29)28(20-12-13-20)17-22-23(18-8-3-2-4-9-18)26-31-25(22)27-14-5-6-15-27/h2-4,7-11,16,20H,5-6,12-15,17H2,1H3. The van der Waals surface area contributed by atoms with E-state index in [1.807, 2.05) is 59.5 Å². The number of hydrogen-bond acceptors (Lipinski definition) is 5. The average Bonchev–Trinajstić information content (AvgIpc) is 3.34. The SMILES string of the molecule is COc1cccc(C(=O)N(Cc2c(-c3ccccc3)noc2N2CCCC2)C2CC2)c1. The second-order valence-electron chi connectivity index (χ2n) is 8.27. The van der Waals surface area contributed by atoms with Gasteiger partial charge in [-0.1, -0.05) is 41.6 Å². The van der Waals surface area contributed by atoms with Crippen molar-refractivity contribution < 1.29 is 14.1 Å². The van der Waals surface area contributed by atoms with Crippen LogP contribution in [0.15, 0.2) is 59.1 Å². The van der Waals surface area contributed by atoms with Crippen LogP contribution in [0.3, 0.4) is 0 Å². The third-order valence-electron chi connectivity index (χ3n) is 6.10. The number of amides is 1. The van der Waals surface area contributed by atoms with Gasteiger partial charge in [-0.25, -0.2) is 0 Å². The Morgan fingerprint density at radius 1 is 1.13 bits per heavy atom. The summed E-state index contributed by atoms with van der Waals surface area (Å²) < 4.78 is 11.2. The zero-order chi connectivity index (χ0) is 21.2. The Kier molecular flexibility index (Phi) is 5.37. The van der Waals surface area contributed by atoms with Crippen molar-refractivity contribution >= 4 is 11.8 Å². The molecule has 0 N–H and O–H groups in total. The number of anilines is 1. The first kappa shape index (κ1) is 19.7. The maximum Gasteiger partial charge on any atom is 0.254 e. The van der Waals surface area contributed by atoms with Crippen LogP contribution < -0.4 is 9.64 Å². The smallest absolute Gasteiger partial charge is 0.254 e. The predicted molar refractivity (Wildman–Crippen MR) is 119 cm³/mol. The summed E-state index contributed by atoms with van der Waals surface area (Å²) in [7, 11) is 1.62. The predicted octanol–water partition coefficient (Wildman–Crippen LogP) is 4.76. The molecule has 2 heterocycles. The van der Waals surface area contributed by atoms with E-state index in [4.69, 9.17) is 9.26 Å². The van der Waals surface area contributed by atoms with Gasteiger partial charge in [0.2, 0.25) is 5.88 Å². The molecule has 31 heavy (non-hydrogen) atoms. The molecule has 5 rings (SSSR count). The number of aromatic nitrogens is 1. The van der Waals surface area contributed by atoms with Crippen LogP contribution in [0.4, 0.5) is 5.88 Å². The second kappa shape index (κ2) is 8.46. The highest BCUT2D eigenvalue weighted by Gasteiger charge is 2.36. The summed E-state index contributed by atoms with van der Waals surface area (Å²) in [5.41, 5.74) is 3.48. The Balaban J connectivity index is 1.51. The fraction of sp³-hybridized carbons (Fsp3) is 0.360. The molecule has 2 aliphatic rings. The molecule has 0 spiro atoms. The third-order valence-corrected chi connectivity index (χ3v) is 6.10. The number of methoxy groups -OCH3 is 1. The van der Waals surface area contributed by atoms with Crippen molar-refractivity contribution in [3.63, 3.8) is 0 Å². The summed E-state index contributed by atoms with van der Waals surface area (Å²) in [6, 6.07) is 17.7. The molecule has 1 amide bonds. The minimum absolute atomic E-state index is 0.0222. The van der Waals surface area contributed by atoms with Gasteiger partial charge in [0, 0.05) is 30.3 Å². The van der Waals surface area contributed by atoms with Crippen LogP contribution in [0.25, 0.3) is 11.3 Å². The number of carbonyl (C=O) groups excluding carboxylic acids is 1. The van der Waals surface area contributed by atoms with Gasteiger partial charge >= 0.3 is 0 Å². The fourth-order valence-corrected chi connectivity index (χ4v) is 4.28. The quantitative estimate of drug-likeness (QED) is 0.555. The van der Waals surface area contributed by atoms with Gasteiger partial charge < -0.3 is 19.1 Å². The first-order chi connectivity index (χ1) is 15.2. The molecule has 1 aliphatic carbocycles. The lowest BCUT2D eigenvalue weighted by molar-refractivity contribution is 0.0730. The average molecular weight is 418 g/mol. The largest absolute Gasteiger partial charge is 0.497 e. The first-order valence-electron chi connectivity index (χ1n) is 11.0. The summed E-state index contributed by atoms with van der Waals surface area (Å²) >= 11 is 0. The van der Waals surface area contributed by atoms with E-state index in [1.54, 1.807) is 7.11 Å². The van der Waals surface area contributed by atoms with Crippen LogP contribution >= 0.6 is 0 Å². The van der Waals surface area contributed by atoms with Crippen molar-refractivity contribution in [2.24, 2.45) is 0 Å². The second-order valence-corrected chi connectivity index (χ2v) is 8.27. The summed E-state index contributed by atoms with van der Waals surface area (Å²) in [6.45, 7) is 2.41. The molecule has 1 aliphatic heterocycles. The molecule has 160 valence electrons. The van der Waals surface area contributed by atoms with E-state index in [-0.39, 0.29) is 11.9 Å². The fourth-order valence-electron chi connectivity index (χ4n) is 4.28. The molecule has 0 atom stereocenters. The van der Waals surface area contributed by atoms with Gasteiger partial charge in [0.25, 0.3) is 5.91 Å². The zero-order valence-electron chi connectivity index (χ0n) is 17.8. The van der Waals surface area contributed by atoms with E-state index in [9.17, 15) is 4.79 Å². The zero-order valence-corrected chi connectivity index (χ0v) is 17.8. The van der Waals surface area contributed by atoms with Crippen molar-refractivity contribution in [2.45, 2.75) is 38.3 Å². The number of carbonyl (C=O) groups is 1. The van der Waals surface area contributed by atoms with E-state index in [2.05, 4.69) is 10.1 Å². The highest BCUT2D eigenvalue weighted by Crippen LogP contribution is 2.37. The molecule has 3 aromatic rings. The molecule has 0 radical (unpaired) electrons. The summed E-state index contributed by atoms with van der Waals surface area (Å²) in [6.07, 6.45) is 4.35. The number of hydrogen-bond donors (Lipinski definition) is 0. The van der Waals surface area contributed by atoms with Gasteiger partial charge in [0.1, 0.15) is 11.4 Å². The number of nitrogens with zero attached hydrogens (tertiary/aromatic N) is 3. The maximum absolute atomic E-state index is 13.5. The highest BCUT2D eigenvalue weighted by molar-refractivity contribution is 5.95. The maximum atomic E-state index is 13.5. The Morgan fingerprint density at radius 2 is 1.90 bits per heavy atom. The Bertz CT molecular complexity index is 1050. The van der Waals surface area contributed by atoms with Crippen LogP contribution in [0.5, 0.6) is 5.75 Å². The molecule has 2 fully saturated rings. The number of benzene rings is 2. The molecule has 6 nitrogen and oxygen atoms in total. The summed E-state index contributed by atoms with van der Waals surface area (Å²) in [5, 5.41) is 4.45. The van der Waals surface area contributed by atoms with E-state index in [0.717, 1.165) is 61.5 Å². The van der Waals surface area contributed by atoms with Crippen molar-refractivity contribution in [3.05, 3.63) is 65.7 Å². The Labute approximate surface area is 182 Å². The summed E-state index contributed by atoms with van der Waals surface area (Å²) in [4.78, 5) is 17.7.